The number of nitrogens with one attached hydrogen (secondary N) is 1. The van der Waals surface area contributed by atoms with Crippen LogP contribution in [0.15, 0.2) is 54.6 Å². The summed E-state index contributed by atoms with van der Waals surface area (Å²) in [5.41, 5.74) is 3.80. The molecule has 0 aliphatic rings. The summed E-state index contributed by atoms with van der Waals surface area (Å²) < 4.78 is 5.40. The van der Waals surface area contributed by atoms with Crippen molar-refractivity contribution in [2.45, 2.75) is 26.2 Å². The summed E-state index contributed by atoms with van der Waals surface area (Å²) in [5.74, 6) is 0.0439. The summed E-state index contributed by atoms with van der Waals surface area (Å²) in [5, 5.41) is 21.5. The average Bonchev–Trinajstić information content (AvgIpc) is 2.78. The van der Waals surface area contributed by atoms with Gasteiger partial charge in [0.1, 0.15) is 11.8 Å². The van der Waals surface area contributed by atoms with Crippen molar-refractivity contribution in [2.24, 2.45) is 0 Å². The van der Waals surface area contributed by atoms with Gasteiger partial charge < -0.3 is 15.2 Å². The van der Waals surface area contributed by atoms with Crippen LogP contribution in [-0.4, -0.2) is 29.2 Å². The number of aliphatic hydroxyl groups is 1. The van der Waals surface area contributed by atoms with E-state index in [9.17, 15) is 10.1 Å². The largest absolute Gasteiger partial charge is 0.475 e. The summed E-state index contributed by atoms with van der Waals surface area (Å²) in [6.07, 6.45) is 0. The van der Waals surface area contributed by atoms with E-state index in [0.717, 1.165) is 22.3 Å². The van der Waals surface area contributed by atoms with Crippen LogP contribution in [0, 0.1) is 18.3 Å². The second-order valence-corrected chi connectivity index (χ2v) is 8.28. The summed E-state index contributed by atoms with van der Waals surface area (Å²) in [6, 6.07) is 18.4. The molecule has 0 fully saturated rings. The average molecular weight is 450 g/mol. The highest BCUT2D eigenvalue weighted by molar-refractivity contribution is 6.29. The highest BCUT2D eigenvalue weighted by atomic mass is 35.5. The Labute approximate surface area is 192 Å². The van der Waals surface area contributed by atoms with Crippen LogP contribution in [0.2, 0.25) is 5.15 Å². The fourth-order valence-corrected chi connectivity index (χ4v) is 3.38. The topological polar surface area (TPSA) is 95.2 Å². The molecular weight excluding hydrogens is 426 g/mol. The van der Waals surface area contributed by atoms with Crippen molar-refractivity contribution >= 4 is 23.2 Å². The molecule has 0 radical (unpaired) electrons. The van der Waals surface area contributed by atoms with Gasteiger partial charge in [0.25, 0.3) is 5.91 Å². The van der Waals surface area contributed by atoms with Crippen molar-refractivity contribution in [1.29, 1.82) is 5.26 Å². The summed E-state index contributed by atoms with van der Waals surface area (Å²) in [6.45, 7) is 5.57. The quantitative estimate of drug-likeness (QED) is 0.487. The lowest BCUT2D eigenvalue weighted by Crippen LogP contribution is -2.17. The Balaban J connectivity index is 1.89. The first-order valence-corrected chi connectivity index (χ1v) is 10.5. The van der Waals surface area contributed by atoms with Gasteiger partial charge in [-0.05, 0) is 73.4 Å². The van der Waals surface area contributed by atoms with Crippen molar-refractivity contribution in [3.05, 3.63) is 76.4 Å². The van der Waals surface area contributed by atoms with E-state index < -0.39 is 5.41 Å². The Morgan fingerprint density at radius 3 is 2.72 bits per heavy atom. The van der Waals surface area contributed by atoms with Gasteiger partial charge in [-0.1, -0.05) is 29.8 Å². The molecule has 3 aromatic rings. The number of rotatable bonds is 7. The van der Waals surface area contributed by atoms with Gasteiger partial charge in [0.05, 0.1) is 18.1 Å². The van der Waals surface area contributed by atoms with Gasteiger partial charge in [0.15, 0.2) is 0 Å². The predicted octanol–water partition coefficient (Wildman–Crippen LogP) is 5.14. The normalized spacial score (nSPS) is 11.0. The monoisotopic (exact) mass is 449 g/mol. The third kappa shape index (κ3) is 5.44. The molecular formula is C25H24ClN3O3. The second-order valence-electron chi connectivity index (χ2n) is 7.89. The smallest absolute Gasteiger partial charge is 0.255 e. The number of hydrogen-bond acceptors (Lipinski definition) is 5. The highest BCUT2D eigenvalue weighted by Gasteiger charge is 2.21. The van der Waals surface area contributed by atoms with E-state index in [4.69, 9.17) is 21.4 Å². The number of nitrogens with zero attached hydrogens (tertiary/aromatic N) is 2. The molecule has 0 spiro atoms. The van der Waals surface area contributed by atoms with E-state index in [-0.39, 0.29) is 24.3 Å². The summed E-state index contributed by atoms with van der Waals surface area (Å²) >= 11 is 6.15. The predicted molar refractivity (Wildman–Crippen MR) is 125 cm³/mol. The van der Waals surface area contributed by atoms with Gasteiger partial charge in [-0.2, -0.15) is 5.26 Å². The van der Waals surface area contributed by atoms with E-state index >= 15 is 0 Å². The zero-order valence-corrected chi connectivity index (χ0v) is 18.9. The first-order valence-electron chi connectivity index (χ1n) is 10.1. The minimum absolute atomic E-state index is 0.115. The molecule has 0 saturated heterocycles. The highest BCUT2D eigenvalue weighted by Crippen LogP contribution is 2.31. The number of carbonyl (C=O) groups is 1. The lowest BCUT2D eigenvalue weighted by atomic mass is 9.85. The summed E-state index contributed by atoms with van der Waals surface area (Å²) in [4.78, 5) is 17.0. The Hall–Kier alpha value is -3.40. The number of carbonyl (C=O) groups excluding carboxylic acids is 1. The number of ether oxygens (including phenoxy) is 1. The van der Waals surface area contributed by atoms with Crippen molar-refractivity contribution in [2.75, 3.05) is 18.5 Å². The van der Waals surface area contributed by atoms with Gasteiger partial charge in [-0.15, -0.1) is 0 Å². The molecule has 3 rings (SSSR count). The fourth-order valence-electron chi connectivity index (χ4n) is 3.18. The maximum atomic E-state index is 12.9. The van der Waals surface area contributed by atoms with Crippen molar-refractivity contribution in [1.82, 2.24) is 4.98 Å². The van der Waals surface area contributed by atoms with E-state index in [1.165, 1.54) is 0 Å². The molecule has 0 bridgehead atoms. The van der Waals surface area contributed by atoms with Crippen LogP contribution in [0.25, 0.3) is 11.1 Å². The molecule has 1 amide bonds. The second kappa shape index (κ2) is 9.82. The SMILES string of the molecule is Cc1ccc(NC(=O)c2cccc(C(C)(C)C#N)c2)cc1-c1cc(Cl)nc(OCCO)c1. The van der Waals surface area contributed by atoms with Crippen LogP contribution in [0.1, 0.15) is 35.3 Å². The number of aliphatic hydroxyl groups excluding tert-OH is 1. The lowest BCUT2D eigenvalue weighted by Gasteiger charge is -2.17. The first-order chi connectivity index (χ1) is 15.2. The molecule has 0 unspecified atom stereocenters. The number of anilines is 1. The van der Waals surface area contributed by atoms with Crippen LogP contribution >= 0.6 is 11.6 Å². The molecule has 6 nitrogen and oxygen atoms in total. The van der Waals surface area contributed by atoms with Gasteiger partial charge in [-0.3, -0.25) is 4.79 Å². The molecule has 0 aliphatic heterocycles. The molecule has 2 N–H and O–H groups in total. The first kappa shape index (κ1) is 23.3. The number of nitriles is 1. The number of hydrogen-bond donors (Lipinski definition) is 2. The number of pyridine rings is 1. The number of benzene rings is 2. The molecule has 2 aromatic carbocycles. The Bertz CT molecular complexity index is 1190. The lowest BCUT2D eigenvalue weighted by molar-refractivity contribution is 0.102. The number of aryl methyl sites for hydroxylation is 1. The Kier molecular flexibility index (Phi) is 7.14. The van der Waals surface area contributed by atoms with E-state index in [2.05, 4.69) is 16.4 Å². The number of aromatic nitrogens is 1. The van der Waals surface area contributed by atoms with E-state index in [1.54, 1.807) is 30.3 Å². The van der Waals surface area contributed by atoms with Crippen LogP contribution in [0.4, 0.5) is 5.69 Å². The zero-order valence-electron chi connectivity index (χ0n) is 18.1. The fraction of sp³-hybridized carbons (Fsp3) is 0.240. The third-order valence-corrected chi connectivity index (χ3v) is 5.24. The minimum Gasteiger partial charge on any atom is -0.475 e. The van der Waals surface area contributed by atoms with Crippen molar-refractivity contribution in [3.8, 4) is 23.1 Å². The maximum Gasteiger partial charge on any atom is 0.255 e. The molecule has 1 aromatic heterocycles. The Morgan fingerprint density at radius 1 is 1.22 bits per heavy atom. The standard InChI is InChI=1S/C25H24ClN3O3/c1-16-7-8-20(14-21(16)18-12-22(26)29-23(13-18)32-10-9-30)28-24(31)17-5-4-6-19(11-17)25(2,3)15-27/h4-8,11-14,30H,9-10H2,1-3H3,(H,28,31). The molecule has 0 aliphatic carbocycles. The Morgan fingerprint density at radius 2 is 2.00 bits per heavy atom. The van der Waals surface area contributed by atoms with Gasteiger partial charge in [0.2, 0.25) is 5.88 Å². The van der Waals surface area contributed by atoms with Crippen molar-refractivity contribution in [3.63, 3.8) is 0 Å². The van der Waals surface area contributed by atoms with Crippen LogP contribution in [-0.2, 0) is 5.41 Å². The van der Waals surface area contributed by atoms with Gasteiger partial charge >= 0.3 is 0 Å². The molecule has 164 valence electrons. The van der Waals surface area contributed by atoms with Crippen LogP contribution < -0.4 is 10.1 Å². The van der Waals surface area contributed by atoms with Crippen LogP contribution in [0.5, 0.6) is 5.88 Å². The molecule has 7 heteroatoms. The van der Waals surface area contributed by atoms with Crippen LogP contribution in [0.3, 0.4) is 0 Å². The maximum absolute atomic E-state index is 12.9. The molecule has 32 heavy (non-hydrogen) atoms. The van der Waals surface area contributed by atoms with Gasteiger partial charge in [0, 0.05) is 17.3 Å². The molecule has 0 saturated carbocycles. The molecule has 0 atom stereocenters. The number of amides is 1. The van der Waals surface area contributed by atoms with E-state index in [1.807, 2.05) is 45.0 Å². The molecule has 1 heterocycles. The third-order valence-electron chi connectivity index (χ3n) is 5.04. The van der Waals surface area contributed by atoms with Crippen molar-refractivity contribution < 1.29 is 14.6 Å². The van der Waals surface area contributed by atoms with Gasteiger partial charge in [-0.25, -0.2) is 4.98 Å². The minimum atomic E-state index is -0.691. The number of halogens is 1. The van der Waals surface area contributed by atoms with E-state index in [0.29, 0.717) is 17.1 Å². The summed E-state index contributed by atoms with van der Waals surface area (Å²) in [7, 11) is 0. The zero-order chi connectivity index (χ0) is 23.3.